The molecule has 0 aliphatic heterocycles. The quantitative estimate of drug-likeness (QED) is 0.534. The standard InChI is InChI=1S/C21H20F3NO4/c1-3-28-18-7-5-4-6-17(18)25-20(27)14(2)29-19(26)13-10-15-8-11-16(12-9-15)21(22,23)24/h4-14H,3H2,1-2H3,(H,25,27)/b13-10+/t14-/m1/s1. The normalized spacial score (nSPS) is 12.4. The minimum absolute atomic E-state index is 0.387. The maximum Gasteiger partial charge on any atom is 0.416 e. The van der Waals surface area contributed by atoms with Crippen LogP contribution < -0.4 is 10.1 Å². The SMILES string of the molecule is CCOc1ccccc1NC(=O)[C@@H](C)OC(=O)/C=C/c1ccc(C(F)(F)F)cc1. The van der Waals surface area contributed by atoms with Gasteiger partial charge in [0.25, 0.3) is 5.91 Å². The summed E-state index contributed by atoms with van der Waals surface area (Å²) in [4.78, 5) is 24.1. The number of halogens is 3. The van der Waals surface area contributed by atoms with Crippen LogP contribution in [0.2, 0.25) is 0 Å². The van der Waals surface area contributed by atoms with Crippen molar-refractivity contribution in [2.24, 2.45) is 0 Å². The lowest BCUT2D eigenvalue weighted by atomic mass is 10.1. The fraction of sp³-hybridized carbons (Fsp3) is 0.238. The number of alkyl halides is 3. The lowest BCUT2D eigenvalue weighted by molar-refractivity contribution is -0.148. The minimum Gasteiger partial charge on any atom is -0.492 e. The molecule has 0 aromatic heterocycles. The number of amides is 1. The topological polar surface area (TPSA) is 64.6 Å². The molecular weight excluding hydrogens is 387 g/mol. The molecule has 2 aromatic rings. The van der Waals surface area contributed by atoms with Gasteiger partial charge in [0.05, 0.1) is 17.9 Å². The van der Waals surface area contributed by atoms with Crippen LogP contribution in [0.3, 0.4) is 0 Å². The predicted molar refractivity (Wildman–Crippen MR) is 102 cm³/mol. The number of nitrogens with one attached hydrogen (secondary N) is 1. The zero-order valence-corrected chi connectivity index (χ0v) is 15.8. The molecule has 0 radical (unpaired) electrons. The maximum atomic E-state index is 12.5. The van der Waals surface area contributed by atoms with Gasteiger partial charge >= 0.3 is 12.1 Å². The van der Waals surface area contributed by atoms with E-state index in [0.29, 0.717) is 23.6 Å². The first-order valence-corrected chi connectivity index (χ1v) is 8.79. The van der Waals surface area contributed by atoms with Gasteiger partial charge in [0, 0.05) is 6.08 Å². The van der Waals surface area contributed by atoms with Crippen LogP contribution in [0.15, 0.2) is 54.6 Å². The smallest absolute Gasteiger partial charge is 0.416 e. The molecule has 154 valence electrons. The largest absolute Gasteiger partial charge is 0.492 e. The van der Waals surface area contributed by atoms with Gasteiger partial charge in [-0.05, 0) is 49.8 Å². The van der Waals surface area contributed by atoms with Gasteiger partial charge in [0.15, 0.2) is 6.10 Å². The van der Waals surface area contributed by atoms with Crippen molar-refractivity contribution in [2.75, 3.05) is 11.9 Å². The first-order chi connectivity index (χ1) is 13.7. The first-order valence-electron chi connectivity index (χ1n) is 8.79. The molecule has 0 saturated carbocycles. The van der Waals surface area contributed by atoms with Crippen molar-refractivity contribution in [3.63, 3.8) is 0 Å². The summed E-state index contributed by atoms with van der Waals surface area (Å²) in [6.07, 6.45) is -3.17. The van der Waals surface area contributed by atoms with Crippen molar-refractivity contribution in [1.82, 2.24) is 0 Å². The van der Waals surface area contributed by atoms with E-state index < -0.39 is 29.7 Å². The Balaban J connectivity index is 1.93. The van der Waals surface area contributed by atoms with Gasteiger partial charge in [0.2, 0.25) is 0 Å². The average Bonchev–Trinajstić information content (AvgIpc) is 2.67. The Morgan fingerprint density at radius 2 is 1.76 bits per heavy atom. The molecule has 0 saturated heterocycles. The molecule has 0 unspecified atom stereocenters. The minimum atomic E-state index is -4.43. The van der Waals surface area contributed by atoms with Crippen LogP contribution in [-0.4, -0.2) is 24.6 Å². The molecule has 0 bridgehead atoms. The van der Waals surface area contributed by atoms with Gasteiger partial charge in [0.1, 0.15) is 5.75 Å². The Morgan fingerprint density at radius 1 is 1.10 bits per heavy atom. The summed E-state index contributed by atoms with van der Waals surface area (Å²) in [5.74, 6) is -0.858. The van der Waals surface area contributed by atoms with Crippen LogP contribution in [0.5, 0.6) is 5.75 Å². The van der Waals surface area contributed by atoms with Crippen LogP contribution in [0.1, 0.15) is 25.0 Å². The molecule has 8 heteroatoms. The predicted octanol–water partition coefficient (Wildman–Crippen LogP) is 4.69. The van der Waals surface area contributed by atoms with E-state index in [1.807, 2.05) is 6.92 Å². The summed E-state index contributed by atoms with van der Waals surface area (Å²) in [5.41, 5.74) is 0.0510. The number of carbonyl (C=O) groups is 2. The van der Waals surface area contributed by atoms with E-state index in [0.717, 1.165) is 18.2 Å². The molecular formula is C21H20F3NO4. The zero-order valence-electron chi connectivity index (χ0n) is 15.8. The van der Waals surface area contributed by atoms with Crippen LogP contribution in [-0.2, 0) is 20.5 Å². The zero-order chi connectivity index (χ0) is 21.4. The van der Waals surface area contributed by atoms with Gasteiger partial charge in [-0.15, -0.1) is 0 Å². The van der Waals surface area contributed by atoms with Crippen molar-refractivity contribution in [3.8, 4) is 5.75 Å². The molecule has 1 amide bonds. The van der Waals surface area contributed by atoms with Crippen LogP contribution in [0.25, 0.3) is 6.08 Å². The van der Waals surface area contributed by atoms with E-state index >= 15 is 0 Å². The van der Waals surface area contributed by atoms with Crippen LogP contribution in [0.4, 0.5) is 18.9 Å². The number of ether oxygens (including phenoxy) is 2. The highest BCUT2D eigenvalue weighted by atomic mass is 19.4. The third-order valence-electron chi connectivity index (χ3n) is 3.76. The van der Waals surface area contributed by atoms with E-state index in [1.54, 1.807) is 24.3 Å². The molecule has 29 heavy (non-hydrogen) atoms. The Morgan fingerprint density at radius 3 is 2.38 bits per heavy atom. The molecule has 1 atom stereocenters. The summed E-state index contributed by atoms with van der Waals surface area (Å²) >= 11 is 0. The van der Waals surface area contributed by atoms with Crippen molar-refractivity contribution in [1.29, 1.82) is 0 Å². The number of esters is 1. The Bertz CT molecular complexity index is 876. The van der Waals surface area contributed by atoms with Gasteiger partial charge in [-0.2, -0.15) is 13.2 Å². The molecule has 0 heterocycles. The van der Waals surface area contributed by atoms with Crippen molar-refractivity contribution >= 4 is 23.6 Å². The molecule has 0 spiro atoms. The van der Waals surface area contributed by atoms with E-state index in [9.17, 15) is 22.8 Å². The second-order valence-corrected chi connectivity index (χ2v) is 5.95. The van der Waals surface area contributed by atoms with Gasteiger partial charge in [-0.3, -0.25) is 4.79 Å². The van der Waals surface area contributed by atoms with E-state index in [1.165, 1.54) is 25.1 Å². The van der Waals surface area contributed by atoms with Crippen molar-refractivity contribution in [3.05, 3.63) is 65.7 Å². The molecule has 2 aromatic carbocycles. The summed E-state index contributed by atoms with van der Waals surface area (Å²) in [5, 5.41) is 2.62. The van der Waals surface area contributed by atoms with E-state index in [-0.39, 0.29) is 0 Å². The number of benzene rings is 2. The third kappa shape index (κ3) is 6.67. The van der Waals surface area contributed by atoms with Crippen LogP contribution in [0, 0.1) is 0 Å². The Labute approximate surface area is 166 Å². The van der Waals surface area contributed by atoms with Gasteiger partial charge < -0.3 is 14.8 Å². The second kappa shape index (κ2) is 9.77. The lowest BCUT2D eigenvalue weighted by Crippen LogP contribution is -2.29. The number of para-hydroxylation sites is 2. The monoisotopic (exact) mass is 407 g/mol. The summed E-state index contributed by atoms with van der Waals surface area (Å²) in [7, 11) is 0. The Hall–Kier alpha value is -3.29. The summed E-state index contributed by atoms with van der Waals surface area (Å²) in [6, 6.07) is 11.1. The van der Waals surface area contributed by atoms with Gasteiger partial charge in [-0.25, -0.2) is 4.79 Å². The summed E-state index contributed by atoms with van der Waals surface area (Å²) in [6.45, 7) is 3.64. The first kappa shape index (κ1) is 22.0. The maximum absolute atomic E-state index is 12.5. The highest BCUT2D eigenvalue weighted by Gasteiger charge is 2.29. The van der Waals surface area contributed by atoms with Crippen LogP contribution >= 0.6 is 0 Å². The molecule has 0 fully saturated rings. The second-order valence-electron chi connectivity index (χ2n) is 5.95. The lowest BCUT2D eigenvalue weighted by Gasteiger charge is -2.15. The van der Waals surface area contributed by atoms with E-state index in [4.69, 9.17) is 9.47 Å². The van der Waals surface area contributed by atoms with Crippen molar-refractivity contribution in [2.45, 2.75) is 26.1 Å². The number of rotatable bonds is 7. The average molecular weight is 407 g/mol. The number of hydrogen-bond donors (Lipinski definition) is 1. The van der Waals surface area contributed by atoms with Crippen molar-refractivity contribution < 1.29 is 32.2 Å². The highest BCUT2D eigenvalue weighted by Crippen LogP contribution is 2.29. The number of hydrogen-bond acceptors (Lipinski definition) is 4. The Kier molecular flexibility index (Phi) is 7.41. The number of anilines is 1. The third-order valence-corrected chi connectivity index (χ3v) is 3.76. The number of carbonyl (C=O) groups excluding carboxylic acids is 2. The molecule has 2 rings (SSSR count). The molecule has 0 aliphatic carbocycles. The summed E-state index contributed by atoms with van der Waals surface area (Å²) < 4.78 is 48.1. The molecule has 5 nitrogen and oxygen atoms in total. The fourth-order valence-electron chi connectivity index (χ4n) is 2.30. The van der Waals surface area contributed by atoms with E-state index in [2.05, 4.69) is 5.32 Å². The highest BCUT2D eigenvalue weighted by molar-refractivity contribution is 5.97. The fourth-order valence-corrected chi connectivity index (χ4v) is 2.30. The molecule has 1 N–H and O–H groups in total. The molecule has 0 aliphatic rings. The van der Waals surface area contributed by atoms with Gasteiger partial charge in [-0.1, -0.05) is 24.3 Å².